The molecule has 0 amide bonds. The van der Waals surface area contributed by atoms with E-state index < -0.39 is 0 Å². The molecule has 1 saturated heterocycles. The summed E-state index contributed by atoms with van der Waals surface area (Å²) >= 11 is 0. The highest BCUT2D eigenvalue weighted by atomic mass is 16.6. The van der Waals surface area contributed by atoms with Gasteiger partial charge in [-0.05, 0) is 56.8 Å². The van der Waals surface area contributed by atoms with Crippen molar-refractivity contribution >= 4 is 0 Å². The zero-order valence-electron chi connectivity index (χ0n) is 10.8. The number of fused-ring (bicyclic) bond motifs is 1. The van der Waals surface area contributed by atoms with Crippen LogP contribution in [0, 0.1) is 17.8 Å². The van der Waals surface area contributed by atoms with E-state index in [2.05, 4.69) is 26.8 Å². The van der Waals surface area contributed by atoms with Crippen LogP contribution in [0.2, 0.25) is 0 Å². The van der Waals surface area contributed by atoms with Crippen LogP contribution in [-0.4, -0.2) is 11.7 Å². The summed E-state index contributed by atoms with van der Waals surface area (Å²) in [6.07, 6.45) is 9.70. The Morgan fingerprint density at radius 1 is 1.38 bits per heavy atom. The van der Waals surface area contributed by atoms with E-state index in [0.29, 0.717) is 11.7 Å². The average molecular weight is 220 g/mol. The second kappa shape index (κ2) is 3.60. The Balaban J connectivity index is 1.86. The van der Waals surface area contributed by atoms with E-state index in [1.165, 1.54) is 32.1 Å². The van der Waals surface area contributed by atoms with Crippen LogP contribution in [0.1, 0.15) is 52.9 Å². The quantitative estimate of drug-likeness (QED) is 0.482. The summed E-state index contributed by atoms with van der Waals surface area (Å²) in [6, 6.07) is 0. The van der Waals surface area contributed by atoms with Crippen LogP contribution in [-0.2, 0) is 4.74 Å². The fraction of sp³-hybridized carbons (Fsp3) is 0.867. The molecule has 2 fully saturated rings. The third-order valence-corrected chi connectivity index (χ3v) is 5.09. The number of rotatable bonds is 1. The smallest absolute Gasteiger partial charge is 0.0954 e. The summed E-state index contributed by atoms with van der Waals surface area (Å²) in [7, 11) is 0. The lowest BCUT2D eigenvalue weighted by Crippen LogP contribution is -2.34. The minimum atomic E-state index is 0.327. The van der Waals surface area contributed by atoms with E-state index in [1.54, 1.807) is 5.57 Å². The maximum absolute atomic E-state index is 6.04. The molecule has 0 aromatic rings. The normalized spacial score (nSPS) is 50.0. The highest BCUT2D eigenvalue weighted by molar-refractivity contribution is 5.16. The van der Waals surface area contributed by atoms with Gasteiger partial charge in [-0.25, -0.2) is 0 Å². The molecule has 1 heteroatoms. The SMILES string of the molecule is C/C1=C/[C@@H]2C[C@]3(CC[C@H]2C(C)C)O[C@H]3CC1. The number of epoxide rings is 1. The van der Waals surface area contributed by atoms with Gasteiger partial charge >= 0.3 is 0 Å². The molecule has 3 rings (SSSR count). The third kappa shape index (κ3) is 1.64. The van der Waals surface area contributed by atoms with Crippen molar-refractivity contribution in [3.63, 3.8) is 0 Å². The number of ether oxygens (including phenoxy) is 1. The van der Waals surface area contributed by atoms with Crippen molar-refractivity contribution in [2.45, 2.75) is 64.6 Å². The van der Waals surface area contributed by atoms with Gasteiger partial charge in [0.15, 0.2) is 0 Å². The molecule has 90 valence electrons. The van der Waals surface area contributed by atoms with Crippen LogP contribution >= 0.6 is 0 Å². The maximum Gasteiger partial charge on any atom is 0.0954 e. The fourth-order valence-corrected chi connectivity index (χ4v) is 4.07. The highest BCUT2D eigenvalue weighted by Gasteiger charge is 2.59. The van der Waals surface area contributed by atoms with Gasteiger partial charge in [-0.1, -0.05) is 25.5 Å². The first-order valence-corrected chi connectivity index (χ1v) is 6.96. The Morgan fingerprint density at radius 2 is 2.19 bits per heavy atom. The van der Waals surface area contributed by atoms with Crippen LogP contribution in [0.15, 0.2) is 11.6 Å². The zero-order chi connectivity index (χ0) is 11.3. The summed E-state index contributed by atoms with van der Waals surface area (Å²) in [4.78, 5) is 0. The molecular weight excluding hydrogens is 196 g/mol. The molecule has 0 unspecified atom stereocenters. The number of hydrogen-bond acceptors (Lipinski definition) is 1. The van der Waals surface area contributed by atoms with E-state index in [4.69, 9.17) is 4.74 Å². The molecule has 2 aliphatic carbocycles. The van der Waals surface area contributed by atoms with E-state index in [-0.39, 0.29) is 0 Å². The van der Waals surface area contributed by atoms with Crippen LogP contribution in [0.5, 0.6) is 0 Å². The summed E-state index contributed by atoms with van der Waals surface area (Å²) in [5.41, 5.74) is 1.93. The second-order valence-electron chi connectivity index (χ2n) is 6.54. The Labute approximate surface area is 99.3 Å². The van der Waals surface area contributed by atoms with Crippen molar-refractivity contribution in [1.82, 2.24) is 0 Å². The predicted molar refractivity (Wildman–Crippen MR) is 66.3 cm³/mol. The molecule has 1 spiro atoms. The third-order valence-electron chi connectivity index (χ3n) is 5.09. The fourth-order valence-electron chi connectivity index (χ4n) is 4.07. The van der Waals surface area contributed by atoms with E-state index in [9.17, 15) is 0 Å². The van der Waals surface area contributed by atoms with Gasteiger partial charge in [0.2, 0.25) is 0 Å². The lowest BCUT2D eigenvalue weighted by molar-refractivity contribution is 0.132. The number of hydrogen-bond donors (Lipinski definition) is 0. The topological polar surface area (TPSA) is 12.5 Å². The Bertz CT molecular complexity index is 317. The maximum atomic E-state index is 6.04. The lowest BCUT2D eigenvalue weighted by atomic mass is 9.67. The van der Waals surface area contributed by atoms with Crippen LogP contribution in [0.25, 0.3) is 0 Å². The summed E-state index contributed by atoms with van der Waals surface area (Å²) in [5, 5.41) is 0. The molecule has 1 aliphatic heterocycles. The van der Waals surface area contributed by atoms with Gasteiger partial charge in [0.1, 0.15) is 0 Å². The molecule has 16 heavy (non-hydrogen) atoms. The van der Waals surface area contributed by atoms with Crippen molar-refractivity contribution < 1.29 is 4.74 Å². The van der Waals surface area contributed by atoms with E-state index in [0.717, 1.165) is 17.8 Å². The first kappa shape index (κ1) is 10.8. The molecule has 0 N–H and O–H groups in total. The predicted octanol–water partition coefficient (Wildman–Crippen LogP) is 3.94. The molecule has 0 radical (unpaired) electrons. The van der Waals surface area contributed by atoms with Gasteiger partial charge in [0, 0.05) is 0 Å². The molecule has 4 atom stereocenters. The zero-order valence-corrected chi connectivity index (χ0v) is 10.8. The minimum absolute atomic E-state index is 0.327. The Hall–Kier alpha value is -0.300. The van der Waals surface area contributed by atoms with Gasteiger partial charge in [0.25, 0.3) is 0 Å². The van der Waals surface area contributed by atoms with Crippen molar-refractivity contribution in [3.05, 3.63) is 11.6 Å². The standard InChI is InChI=1S/C15H24O/c1-10(2)13-6-7-15-9-12(13)8-11(3)4-5-14(15)16-15/h8,10,12-14H,4-7,9H2,1-3H3/b11-8-/t12-,13+,14+,15+/m1/s1. The van der Waals surface area contributed by atoms with Crippen LogP contribution in [0.3, 0.4) is 0 Å². The molecule has 1 saturated carbocycles. The first-order chi connectivity index (χ1) is 7.61. The van der Waals surface area contributed by atoms with E-state index >= 15 is 0 Å². The van der Waals surface area contributed by atoms with Crippen molar-refractivity contribution in [2.24, 2.45) is 17.8 Å². The lowest BCUT2D eigenvalue weighted by Gasteiger charge is -2.37. The van der Waals surface area contributed by atoms with Gasteiger partial charge in [-0.2, -0.15) is 0 Å². The molecule has 2 bridgehead atoms. The van der Waals surface area contributed by atoms with Crippen molar-refractivity contribution in [1.29, 1.82) is 0 Å². The summed E-state index contributed by atoms with van der Waals surface area (Å²) in [5.74, 6) is 2.51. The molecule has 1 heterocycles. The Kier molecular flexibility index (Phi) is 2.43. The van der Waals surface area contributed by atoms with Gasteiger partial charge in [-0.15, -0.1) is 0 Å². The first-order valence-electron chi connectivity index (χ1n) is 6.96. The minimum Gasteiger partial charge on any atom is -0.366 e. The molecule has 3 aliphatic rings. The van der Waals surface area contributed by atoms with E-state index in [1.807, 2.05) is 0 Å². The van der Waals surface area contributed by atoms with Crippen molar-refractivity contribution in [2.75, 3.05) is 0 Å². The molecule has 1 nitrogen and oxygen atoms in total. The van der Waals surface area contributed by atoms with Crippen LogP contribution in [0.4, 0.5) is 0 Å². The van der Waals surface area contributed by atoms with Crippen molar-refractivity contribution in [3.8, 4) is 0 Å². The molecule has 0 aromatic heterocycles. The second-order valence-corrected chi connectivity index (χ2v) is 6.54. The highest BCUT2D eigenvalue weighted by Crippen LogP contribution is 2.55. The summed E-state index contributed by atoms with van der Waals surface area (Å²) < 4.78 is 6.04. The Morgan fingerprint density at radius 3 is 2.94 bits per heavy atom. The largest absolute Gasteiger partial charge is 0.366 e. The van der Waals surface area contributed by atoms with Gasteiger partial charge in [-0.3, -0.25) is 0 Å². The molecule has 0 aromatic carbocycles. The number of allylic oxidation sites excluding steroid dienone is 2. The summed E-state index contributed by atoms with van der Waals surface area (Å²) in [6.45, 7) is 7.08. The van der Waals surface area contributed by atoms with Gasteiger partial charge in [0.05, 0.1) is 11.7 Å². The average Bonchev–Trinajstić information content (AvgIpc) is 2.86. The monoisotopic (exact) mass is 220 g/mol. The molecular formula is C15H24O. The van der Waals surface area contributed by atoms with Gasteiger partial charge < -0.3 is 4.74 Å². The van der Waals surface area contributed by atoms with Crippen LogP contribution < -0.4 is 0 Å².